The Kier molecular flexibility index (Phi) is 6.49. The maximum atomic E-state index is 13.0. The summed E-state index contributed by atoms with van der Waals surface area (Å²) in [5, 5.41) is 13.2. The molecule has 2 aromatic rings. The first-order chi connectivity index (χ1) is 17.2. The number of aryl methyl sites for hydroxylation is 1. The molecule has 3 N–H and O–H groups in total. The average molecular weight is 494 g/mol. The van der Waals surface area contributed by atoms with Gasteiger partial charge in [0.2, 0.25) is 11.8 Å². The van der Waals surface area contributed by atoms with Crippen LogP contribution >= 0.6 is 0 Å². The van der Waals surface area contributed by atoms with E-state index in [-0.39, 0.29) is 41.4 Å². The van der Waals surface area contributed by atoms with Crippen LogP contribution in [0.2, 0.25) is 0 Å². The first-order valence-electron chi connectivity index (χ1n) is 13.0. The molecule has 192 valence electrons. The van der Waals surface area contributed by atoms with Crippen LogP contribution in [0.1, 0.15) is 87.4 Å². The fourth-order valence-corrected chi connectivity index (χ4v) is 5.29. The highest BCUT2D eigenvalue weighted by Gasteiger charge is 2.40. The highest BCUT2D eigenvalue weighted by atomic mass is 16.6. The summed E-state index contributed by atoms with van der Waals surface area (Å²) in [5.41, 5.74) is 3.65. The molecule has 1 aromatic heterocycles. The zero-order valence-corrected chi connectivity index (χ0v) is 21.2. The number of nitrogens with zero attached hydrogens (tertiary/aromatic N) is 2. The highest BCUT2D eigenvalue weighted by molar-refractivity contribution is 5.96. The number of anilines is 2. The normalized spacial score (nSPS) is 23.4. The second-order valence-corrected chi connectivity index (χ2v) is 10.8. The largest absolute Gasteiger partial charge is 0.446 e. The molecule has 2 aliphatic carbocycles. The van der Waals surface area contributed by atoms with E-state index in [1.165, 1.54) is 0 Å². The van der Waals surface area contributed by atoms with Gasteiger partial charge >= 0.3 is 6.09 Å². The lowest BCUT2D eigenvalue weighted by Gasteiger charge is -2.19. The number of aromatic amines is 1. The first kappa shape index (κ1) is 24.3. The third-order valence-corrected chi connectivity index (χ3v) is 7.85. The van der Waals surface area contributed by atoms with E-state index < -0.39 is 0 Å². The molecule has 1 aromatic carbocycles. The number of carbonyl (C=O) groups excluding carboxylic acids is 3. The fraction of sp³-hybridized carbons (Fsp3) is 0.556. The van der Waals surface area contributed by atoms with Gasteiger partial charge in [0, 0.05) is 41.9 Å². The van der Waals surface area contributed by atoms with E-state index in [0.29, 0.717) is 12.2 Å². The third-order valence-electron chi connectivity index (χ3n) is 7.85. The number of nitrogens with one attached hydrogen (secondary N) is 3. The molecule has 0 spiro atoms. The summed E-state index contributed by atoms with van der Waals surface area (Å²) in [7, 11) is 0. The van der Waals surface area contributed by atoms with Crippen molar-refractivity contribution < 1.29 is 19.1 Å². The van der Waals surface area contributed by atoms with Gasteiger partial charge in [-0.15, -0.1) is 0 Å². The first-order valence-corrected chi connectivity index (χ1v) is 13.0. The van der Waals surface area contributed by atoms with Gasteiger partial charge < -0.3 is 20.3 Å². The lowest BCUT2D eigenvalue weighted by Crippen LogP contribution is -2.36. The van der Waals surface area contributed by atoms with Crippen molar-refractivity contribution in [3.63, 3.8) is 0 Å². The van der Waals surface area contributed by atoms with E-state index in [0.717, 1.165) is 67.6 Å². The molecular weight excluding hydrogens is 458 g/mol. The smallest absolute Gasteiger partial charge is 0.407 e. The second kappa shape index (κ2) is 9.59. The Hall–Kier alpha value is -3.36. The summed E-state index contributed by atoms with van der Waals surface area (Å²) in [6.45, 7) is 6.62. The SMILES string of the molecule is Cc1cc(N2CCCC2=O)ccc1C(C)C(=O)Nc1cc([C@H]2CC[C@@H](OC(=O)NC3(C)CC3)C2)[nH]n1. The van der Waals surface area contributed by atoms with E-state index in [2.05, 4.69) is 20.8 Å². The Balaban J connectivity index is 1.15. The number of benzene rings is 1. The van der Waals surface area contributed by atoms with E-state index >= 15 is 0 Å². The lowest BCUT2D eigenvalue weighted by atomic mass is 9.95. The molecule has 3 atom stereocenters. The monoisotopic (exact) mass is 493 g/mol. The molecular formula is C27H35N5O4. The topological polar surface area (TPSA) is 116 Å². The molecule has 0 bridgehead atoms. The van der Waals surface area contributed by atoms with Crippen molar-refractivity contribution in [2.45, 2.75) is 89.2 Å². The molecule has 2 saturated carbocycles. The van der Waals surface area contributed by atoms with Crippen molar-refractivity contribution in [3.8, 4) is 0 Å². The Morgan fingerprint density at radius 1 is 1.25 bits per heavy atom. The standard InChI is InChI=1S/C27H35N5O4/c1-16-13-19(32-12-4-5-24(32)33)7-9-21(16)17(2)25(34)28-23-15-22(30-31-23)18-6-8-20(14-18)36-26(35)29-27(3)10-11-27/h7,9,13,15,17-18,20H,4-6,8,10-12,14H2,1-3H3,(H,29,35)(H2,28,30,31,34)/t17?,18-,20+/m0/s1. The number of amides is 3. The molecule has 2 heterocycles. The number of aromatic nitrogens is 2. The summed E-state index contributed by atoms with van der Waals surface area (Å²) >= 11 is 0. The van der Waals surface area contributed by atoms with Crippen LogP contribution in [0.5, 0.6) is 0 Å². The molecule has 5 rings (SSSR count). The number of H-pyrrole nitrogens is 1. The Labute approximate surface area is 211 Å². The van der Waals surface area contributed by atoms with Gasteiger partial charge in [-0.25, -0.2) is 4.79 Å². The maximum Gasteiger partial charge on any atom is 0.407 e. The lowest BCUT2D eigenvalue weighted by molar-refractivity contribution is -0.118. The van der Waals surface area contributed by atoms with Crippen molar-refractivity contribution in [2.75, 3.05) is 16.8 Å². The van der Waals surface area contributed by atoms with Crippen LogP contribution in [0.25, 0.3) is 0 Å². The molecule has 1 saturated heterocycles. The van der Waals surface area contributed by atoms with E-state index in [4.69, 9.17) is 4.74 Å². The zero-order chi connectivity index (χ0) is 25.4. The number of alkyl carbamates (subject to hydrolysis) is 1. The van der Waals surface area contributed by atoms with Gasteiger partial charge in [0.15, 0.2) is 5.82 Å². The molecule has 9 heteroatoms. The second-order valence-electron chi connectivity index (χ2n) is 10.8. The number of ether oxygens (including phenoxy) is 1. The van der Waals surface area contributed by atoms with Crippen LogP contribution in [-0.2, 0) is 14.3 Å². The van der Waals surface area contributed by atoms with Crippen LogP contribution in [-0.4, -0.2) is 46.3 Å². The van der Waals surface area contributed by atoms with Gasteiger partial charge in [0.05, 0.1) is 5.92 Å². The number of hydrogen-bond donors (Lipinski definition) is 3. The molecule has 1 unspecified atom stereocenters. The summed E-state index contributed by atoms with van der Waals surface area (Å²) in [5.74, 6) is 0.336. The van der Waals surface area contributed by atoms with Gasteiger partial charge in [-0.2, -0.15) is 5.10 Å². The van der Waals surface area contributed by atoms with Crippen molar-refractivity contribution in [1.29, 1.82) is 0 Å². The van der Waals surface area contributed by atoms with Gasteiger partial charge in [-0.3, -0.25) is 14.7 Å². The van der Waals surface area contributed by atoms with Crippen LogP contribution in [0, 0.1) is 6.92 Å². The van der Waals surface area contributed by atoms with Crippen LogP contribution in [0.3, 0.4) is 0 Å². The van der Waals surface area contributed by atoms with Crippen molar-refractivity contribution >= 4 is 29.4 Å². The molecule has 3 fully saturated rings. The minimum Gasteiger partial charge on any atom is -0.446 e. The summed E-state index contributed by atoms with van der Waals surface area (Å²) < 4.78 is 5.61. The van der Waals surface area contributed by atoms with Gasteiger partial charge in [0.25, 0.3) is 0 Å². The molecule has 3 aliphatic rings. The zero-order valence-electron chi connectivity index (χ0n) is 21.2. The highest BCUT2D eigenvalue weighted by Crippen LogP contribution is 2.37. The minimum absolute atomic E-state index is 0.0871. The van der Waals surface area contributed by atoms with Crippen molar-refractivity contribution in [2.24, 2.45) is 0 Å². The van der Waals surface area contributed by atoms with Crippen LogP contribution < -0.4 is 15.5 Å². The quantitative estimate of drug-likeness (QED) is 0.525. The number of hydrogen-bond acceptors (Lipinski definition) is 5. The molecule has 36 heavy (non-hydrogen) atoms. The average Bonchev–Trinajstić information content (AvgIpc) is 3.25. The van der Waals surface area contributed by atoms with Crippen molar-refractivity contribution in [3.05, 3.63) is 41.1 Å². The predicted octanol–water partition coefficient (Wildman–Crippen LogP) is 4.50. The van der Waals surface area contributed by atoms with Gasteiger partial charge in [-0.1, -0.05) is 6.07 Å². The molecule has 0 radical (unpaired) electrons. The summed E-state index contributed by atoms with van der Waals surface area (Å²) in [4.78, 5) is 39.0. The Morgan fingerprint density at radius 3 is 2.75 bits per heavy atom. The number of rotatable bonds is 7. The Morgan fingerprint density at radius 2 is 2.06 bits per heavy atom. The minimum atomic E-state index is -0.371. The fourth-order valence-electron chi connectivity index (χ4n) is 5.29. The van der Waals surface area contributed by atoms with Crippen molar-refractivity contribution in [1.82, 2.24) is 15.5 Å². The Bertz CT molecular complexity index is 1170. The van der Waals surface area contributed by atoms with Gasteiger partial charge in [0.1, 0.15) is 6.10 Å². The maximum absolute atomic E-state index is 13.0. The third kappa shape index (κ3) is 5.24. The van der Waals surface area contributed by atoms with Crippen LogP contribution in [0.15, 0.2) is 24.3 Å². The molecule has 1 aliphatic heterocycles. The van der Waals surface area contributed by atoms with E-state index in [1.54, 1.807) is 0 Å². The van der Waals surface area contributed by atoms with E-state index in [9.17, 15) is 14.4 Å². The van der Waals surface area contributed by atoms with E-state index in [1.807, 2.05) is 49.9 Å². The van der Waals surface area contributed by atoms with Gasteiger partial charge in [-0.05, 0) is 82.6 Å². The summed E-state index contributed by atoms with van der Waals surface area (Å²) in [6, 6.07) is 7.72. The molecule has 3 amide bonds. The molecule has 9 nitrogen and oxygen atoms in total. The summed E-state index contributed by atoms with van der Waals surface area (Å²) in [6.07, 6.45) is 5.48. The number of carbonyl (C=O) groups is 3. The van der Waals surface area contributed by atoms with Crippen LogP contribution in [0.4, 0.5) is 16.3 Å². The predicted molar refractivity (Wildman–Crippen MR) is 136 cm³/mol.